The van der Waals surface area contributed by atoms with Crippen molar-refractivity contribution in [2.75, 3.05) is 18.6 Å². The fourth-order valence-electron chi connectivity index (χ4n) is 5.33. The van der Waals surface area contributed by atoms with Crippen LogP contribution in [0.1, 0.15) is 36.6 Å². The highest BCUT2D eigenvalue weighted by atomic mass is 16.5. The van der Waals surface area contributed by atoms with Gasteiger partial charge in [0.2, 0.25) is 11.8 Å². The summed E-state index contributed by atoms with van der Waals surface area (Å²) in [4.78, 5) is 41.3. The molecule has 3 N–H and O–H groups in total. The lowest BCUT2D eigenvalue weighted by Crippen LogP contribution is -2.58. The van der Waals surface area contributed by atoms with Crippen molar-refractivity contribution in [3.05, 3.63) is 59.2 Å². The lowest BCUT2D eigenvalue weighted by molar-refractivity contribution is -0.150. The third-order valence-corrected chi connectivity index (χ3v) is 6.95. The van der Waals surface area contributed by atoms with Gasteiger partial charge in [0.25, 0.3) is 0 Å². The number of carbonyl (C=O) groups excluding carboxylic acids is 2. The molecule has 33 heavy (non-hydrogen) atoms. The molecule has 0 saturated carbocycles. The number of carboxylic acids is 1. The lowest BCUT2D eigenvalue weighted by atomic mass is 9.79. The van der Waals surface area contributed by atoms with Crippen LogP contribution in [-0.2, 0) is 27.2 Å². The number of carboxylic acid groups (broad SMARTS) is 1. The number of carbonyl (C=O) groups is 3. The quantitative estimate of drug-likeness (QED) is 0.551. The number of ether oxygens (including phenoxy) is 1. The van der Waals surface area contributed by atoms with E-state index in [1.807, 2.05) is 32.0 Å². The molecule has 0 spiro atoms. The minimum absolute atomic E-state index is 0.467. The van der Waals surface area contributed by atoms with Gasteiger partial charge in [-0.25, -0.2) is 4.90 Å². The molecule has 0 bridgehead atoms. The molecule has 0 aliphatic carbocycles. The standard InChI is InChI=1S/C25H28N2O6/c1-4-14-9-8-10-15(5-2)21(14)27-22(29)18-19(23(27)30)25(13-28,24(31)32)26-20(18)16-11-6-7-12-17(16)33-3/h6-12,18-20,26,28H,4-5,13H2,1-3H3,(H,31,32). The van der Waals surface area contributed by atoms with Crippen LogP contribution in [0, 0.1) is 11.8 Å². The number of amides is 2. The summed E-state index contributed by atoms with van der Waals surface area (Å²) in [6.07, 6.45) is 1.21. The van der Waals surface area contributed by atoms with Gasteiger partial charge in [-0.3, -0.25) is 19.7 Å². The normalized spacial score (nSPS) is 26.5. The number of para-hydroxylation sites is 2. The molecule has 2 aliphatic heterocycles. The number of nitrogens with zero attached hydrogens (tertiary/aromatic N) is 1. The number of imide groups is 1. The molecule has 8 nitrogen and oxygen atoms in total. The zero-order valence-electron chi connectivity index (χ0n) is 18.9. The van der Waals surface area contributed by atoms with Crippen molar-refractivity contribution in [1.29, 1.82) is 0 Å². The van der Waals surface area contributed by atoms with E-state index >= 15 is 0 Å². The predicted molar refractivity (Wildman–Crippen MR) is 121 cm³/mol. The van der Waals surface area contributed by atoms with Crippen LogP contribution >= 0.6 is 0 Å². The molecule has 2 amide bonds. The average molecular weight is 453 g/mol. The Labute approximate surface area is 192 Å². The maximum Gasteiger partial charge on any atom is 0.327 e. The Hall–Kier alpha value is -3.23. The molecule has 2 aromatic carbocycles. The molecule has 2 aliphatic rings. The van der Waals surface area contributed by atoms with Gasteiger partial charge in [0.15, 0.2) is 5.54 Å². The minimum Gasteiger partial charge on any atom is -0.496 e. The molecule has 2 heterocycles. The van der Waals surface area contributed by atoms with Gasteiger partial charge in [0, 0.05) is 11.6 Å². The van der Waals surface area contributed by atoms with Crippen LogP contribution in [-0.4, -0.2) is 47.3 Å². The first-order chi connectivity index (χ1) is 15.9. The van der Waals surface area contributed by atoms with Gasteiger partial charge in [0.1, 0.15) is 5.75 Å². The maximum atomic E-state index is 13.9. The van der Waals surface area contributed by atoms with Crippen LogP contribution in [0.4, 0.5) is 5.69 Å². The summed E-state index contributed by atoms with van der Waals surface area (Å²) in [5.74, 6) is -4.26. The smallest absolute Gasteiger partial charge is 0.327 e. The third kappa shape index (κ3) is 3.24. The Morgan fingerprint density at radius 1 is 1.06 bits per heavy atom. The van der Waals surface area contributed by atoms with Crippen LogP contribution in [0.15, 0.2) is 42.5 Å². The zero-order valence-corrected chi connectivity index (χ0v) is 18.9. The van der Waals surface area contributed by atoms with Gasteiger partial charge in [-0.2, -0.15) is 0 Å². The lowest BCUT2D eigenvalue weighted by Gasteiger charge is -2.30. The fourth-order valence-corrected chi connectivity index (χ4v) is 5.33. The fraction of sp³-hybridized carbons (Fsp3) is 0.400. The zero-order chi connectivity index (χ0) is 23.9. The first-order valence-electron chi connectivity index (χ1n) is 11.1. The largest absolute Gasteiger partial charge is 0.496 e. The SMILES string of the molecule is CCc1cccc(CC)c1N1C(=O)C2C(c3ccccc3OC)NC(CO)(C(=O)O)C2C1=O. The van der Waals surface area contributed by atoms with Crippen molar-refractivity contribution in [2.24, 2.45) is 11.8 Å². The summed E-state index contributed by atoms with van der Waals surface area (Å²) in [6, 6.07) is 11.8. The van der Waals surface area contributed by atoms with E-state index < -0.39 is 47.8 Å². The molecule has 4 unspecified atom stereocenters. The molecular weight excluding hydrogens is 424 g/mol. The second-order valence-corrected chi connectivity index (χ2v) is 8.45. The number of anilines is 1. The second-order valence-electron chi connectivity index (χ2n) is 8.45. The Kier molecular flexibility index (Phi) is 5.99. The van der Waals surface area contributed by atoms with Crippen LogP contribution in [0.5, 0.6) is 5.75 Å². The van der Waals surface area contributed by atoms with Crippen LogP contribution in [0.2, 0.25) is 0 Å². The first-order valence-corrected chi connectivity index (χ1v) is 11.1. The van der Waals surface area contributed by atoms with E-state index in [2.05, 4.69) is 5.32 Å². The second kappa shape index (κ2) is 8.61. The molecule has 4 atom stereocenters. The Morgan fingerprint density at radius 2 is 1.70 bits per heavy atom. The van der Waals surface area contributed by atoms with E-state index in [1.54, 1.807) is 24.3 Å². The summed E-state index contributed by atoms with van der Waals surface area (Å²) in [6.45, 7) is 3.05. The number of rotatable bonds is 7. The molecule has 2 aromatic rings. The predicted octanol–water partition coefficient (Wildman–Crippen LogP) is 2.09. The van der Waals surface area contributed by atoms with Gasteiger partial charge in [0.05, 0.1) is 31.2 Å². The van der Waals surface area contributed by atoms with Crippen molar-refractivity contribution in [3.8, 4) is 5.75 Å². The summed E-state index contributed by atoms with van der Waals surface area (Å²) >= 11 is 0. The van der Waals surface area contributed by atoms with E-state index in [0.717, 1.165) is 16.0 Å². The van der Waals surface area contributed by atoms with Crippen molar-refractivity contribution in [3.63, 3.8) is 0 Å². The number of methoxy groups -OCH3 is 1. The Bertz CT molecular complexity index is 1090. The number of hydrogen-bond acceptors (Lipinski definition) is 6. The van der Waals surface area contributed by atoms with Gasteiger partial charge < -0.3 is 14.9 Å². The van der Waals surface area contributed by atoms with Gasteiger partial charge in [-0.1, -0.05) is 50.2 Å². The number of fused-ring (bicyclic) bond motifs is 1. The van der Waals surface area contributed by atoms with E-state index in [9.17, 15) is 24.6 Å². The topological polar surface area (TPSA) is 116 Å². The third-order valence-electron chi connectivity index (χ3n) is 6.95. The average Bonchev–Trinajstić information content (AvgIpc) is 3.32. The number of aliphatic carboxylic acids is 1. The number of benzene rings is 2. The number of aliphatic hydroxyl groups excluding tert-OH is 1. The summed E-state index contributed by atoms with van der Waals surface area (Å²) in [7, 11) is 1.49. The summed E-state index contributed by atoms with van der Waals surface area (Å²) < 4.78 is 5.46. The van der Waals surface area contributed by atoms with Crippen molar-refractivity contribution < 1.29 is 29.3 Å². The molecule has 0 aromatic heterocycles. The van der Waals surface area contributed by atoms with Crippen LogP contribution in [0.25, 0.3) is 0 Å². The van der Waals surface area contributed by atoms with E-state index in [-0.39, 0.29) is 0 Å². The molecule has 2 saturated heterocycles. The first kappa shape index (κ1) is 22.9. The van der Waals surface area contributed by atoms with E-state index in [1.165, 1.54) is 7.11 Å². The molecular formula is C25H28N2O6. The Balaban J connectivity index is 1.93. The summed E-state index contributed by atoms with van der Waals surface area (Å²) in [5, 5.41) is 23.3. The molecule has 0 radical (unpaired) electrons. The van der Waals surface area contributed by atoms with Crippen LogP contribution in [0.3, 0.4) is 0 Å². The molecule has 4 rings (SSSR count). The molecule has 174 valence electrons. The van der Waals surface area contributed by atoms with E-state index in [0.29, 0.717) is 29.8 Å². The van der Waals surface area contributed by atoms with Crippen molar-refractivity contribution >= 4 is 23.5 Å². The highest BCUT2D eigenvalue weighted by Gasteiger charge is 2.69. The molecule has 2 fully saturated rings. The van der Waals surface area contributed by atoms with Gasteiger partial charge in [-0.15, -0.1) is 0 Å². The number of hydrogen-bond donors (Lipinski definition) is 3. The number of aliphatic hydroxyl groups is 1. The van der Waals surface area contributed by atoms with E-state index in [4.69, 9.17) is 4.74 Å². The molecule has 8 heteroatoms. The highest BCUT2D eigenvalue weighted by molar-refractivity contribution is 6.25. The van der Waals surface area contributed by atoms with Crippen molar-refractivity contribution in [1.82, 2.24) is 5.32 Å². The summed E-state index contributed by atoms with van der Waals surface area (Å²) in [5.41, 5.74) is 0.771. The van der Waals surface area contributed by atoms with Crippen molar-refractivity contribution in [2.45, 2.75) is 38.3 Å². The number of nitrogens with one attached hydrogen (secondary N) is 1. The highest BCUT2D eigenvalue weighted by Crippen LogP contribution is 2.51. The maximum absolute atomic E-state index is 13.9. The van der Waals surface area contributed by atoms with Crippen LogP contribution < -0.4 is 15.0 Å². The Morgan fingerprint density at radius 3 is 2.24 bits per heavy atom. The van der Waals surface area contributed by atoms with Gasteiger partial charge >= 0.3 is 5.97 Å². The van der Waals surface area contributed by atoms with Gasteiger partial charge in [-0.05, 0) is 30.0 Å². The minimum atomic E-state index is -1.99. The number of aryl methyl sites for hydroxylation is 2. The monoisotopic (exact) mass is 452 g/mol.